The van der Waals surface area contributed by atoms with Crippen LogP contribution in [-0.4, -0.2) is 18.2 Å². The number of rotatable bonds is 4. The maximum absolute atomic E-state index is 11.3. The number of ether oxygens (including phenoxy) is 1. The van der Waals surface area contributed by atoms with E-state index in [-0.39, 0.29) is 11.7 Å². The Bertz CT molecular complexity index is 611. The van der Waals surface area contributed by atoms with E-state index in [0.717, 1.165) is 15.7 Å². The lowest BCUT2D eigenvalue weighted by Crippen LogP contribution is -2.03. The number of nitrogens with one attached hydrogen (secondary N) is 1. The van der Waals surface area contributed by atoms with Gasteiger partial charge in [-0.2, -0.15) is 0 Å². The van der Waals surface area contributed by atoms with Crippen molar-refractivity contribution in [3.05, 3.63) is 58.1 Å². The van der Waals surface area contributed by atoms with Crippen LogP contribution in [0.5, 0.6) is 5.75 Å². The van der Waals surface area contributed by atoms with Crippen LogP contribution in [0.15, 0.2) is 46.9 Å². The van der Waals surface area contributed by atoms with Gasteiger partial charge in [-0.05, 0) is 42.5 Å². The van der Waals surface area contributed by atoms with Crippen molar-refractivity contribution in [1.82, 2.24) is 0 Å². The third kappa shape index (κ3) is 3.51. The summed E-state index contributed by atoms with van der Waals surface area (Å²) in [6.45, 7) is 0.489. The number of halogens is 1. The minimum atomic E-state index is -0.360. The smallest absolute Gasteiger partial charge is 0.337 e. The monoisotopic (exact) mass is 335 g/mol. The molecule has 0 bridgehead atoms. The van der Waals surface area contributed by atoms with Crippen molar-refractivity contribution in [1.29, 1.82) is 0 Å². The van der Waals surface area contributed by atoms with E-state index in [1.54, 1.807) is 36.4 Å². The molecule has 0 aromatic heterocycles. The van der Waals surface area contributed by atoms with Gasteiger partial charge in [-0.1, -0.05) is 15.9 Å². The van der Waals surface area contributed by atoms with Gasteiger partial charge in [0.05, 0.1) is 12.7 Å². The molecule has 0 saturated heterocycles. The summed E-state index contributed by atoms with van der Waals surface area (Å²) in [6.07, 6.45) is 0. The zero-order valence-corrected chi connectivity index (χ0v) is 12.5. The lowest BCUT2D eigenvalue weighted by molar-refractivity contribution is 0.0601. The number of aromatic hydroxyl groups is 1. The third-order valence-corrected chi connectivity index (χ3v) is 3.32. The number of hydrogen-bond donors (Lipinski definition) is 2. The molecular weight excluding hydrogens is 322 g/mol. The summed E-state index contributed by atoms with van der Waals surface area (Å²) in [6, 6.07) is 12.2. The first-order valence-electron chi connectivity index (χ1n) is 6.00. The SMILES string of the molecule is COC(=O)c1ccc(NCc2cc(Br)ccc2O)cc1. The second kappa shape index (κ2) is 6.43. The van der Waals surface area contributed by atoms with Gasteiger partial charge in [0.1, 0.15) is 5.75 Å². The summed E-state index contributed by atoms with van der Waals surface area (Å²) in [7, 11) is 1.35. The van der Waals surface area contributed by atoms with Crippen LogP contribution in [-0.2, 0) is 11.3 Å². The Morgan fingerprint density at radius 3 is 2.60 bits per heavy atom. The van der Waals surface area contributed by atoms with E-state index >= 15 is 0 Å². The minimum Gasteiger partial charge on any atom is -0.508 e. The van der Waals surface area contributed by atoms with Gasteiger partial charge in [-0.3, -0.25) is 0 Å². The molecule has 0 unspecified atom stereocenters. The Morgan fingerprint density at radius 2 is 1.95 bits per heavy atom. The van der Waals surface area contributed by atoms with Crippen molar-refractivity contribution in [3.63, 3.8) is 0 Å². The maximum atomic E-state index is 11.3. The molecule has 0 aliphatic rings. The number of benzene rings is 2. The van der Waals surface area contributed by atoms with E-state index in [4.69, 9.17) is 0 Å². The molecule has 0 fully saturated rings. The fourth-order valence-electron chi connectivity index (χ4n) is 1.73. The van der Waals surface area contributed by atoms with E-state index in [0.29, 0.717) is 12.1 Å². The largest absolute Gasteiger partial charge is 0.508 e. The number of carbonyl (C=O) groups is 1. The van der Waals surface area contributed by atoms with Crippen molar-refractivity contribution >= 4 is 27.6 Å². The summed E-state index contributed by atoms with van der Waals surface area (Å²) >= 11 is 3.37. The Morgan fingerprint density at radius 1 is 1.25 bits per heavy atom. The average Bonchev–Trinajstić information content (AvgIpc) is 2.48. The second-order valence-electron chi connectivity index (χ2n) is 4.20. The van der Waals surface area contributed by atoms with Crippen molar-refractivity contribution in [3.8, 4) is 5.75 Å². The highest BCUT2D eigenvalue weighted by atomic mass is 79.9. The van der Waals surface area contributed by atoms with Gasteiger partial charge < -0.3 is 15.2 Å². The highest BCUT2D eigenvalue weighted by molar-refractivity contribution is 9.10. The number of hydrogen-bond acceptors (Lipinski definition) is 4. The molecule has 0 saturated carbocycles. The molecule has 4 nitrogen and oxygen atoms in total. The maximum Gasteiger partial charge on any atom is 0.337 e. The molecule has 0 radical (unpaired) electrons. The Balaban J connectivity index is 2.04. The van der Waals surface area contributed by atoms with Crippen LogP contribution in [0, 0.1) is 0 Å². The Kier molecular flexibility index (Phi) is 4.63. The molecule has 2 rings (SSSR count). The molecule has 2 aromatic carbocycles. The van der Waals surface area contributed by atoms with Crippen LogP contribution in [0.4, 0.5) is 5.69 Å². The number of phenolic OH excluding ortho intramolecular Hbond substituents is 1. The normalized spacial score (nSPS) is 10.1. The van der Waals surface area contributed by atoms with Crippen LogP contribution in [0.1, 0.15) is 15.9 Å². The van der Waals surface area contributed by atoms with Gasteiger partial charge in [-0.25, -0.2) is 4.79 Å². The topological polar surface area (TPSA) is 58.6 Å². The lowest BCUT2D eigenvalue weighted by atomic mass is 10.2. The van der Waals surface area contributed by atoms with E-state index in [2.05, 4.69) is 26.0 Å². The molecule has 20 heavy (non-hydrogen) atoms. The van der Waals surface area contributed by atoms with Crippen molar-refractivity contribution < 1.29 is 14.6 Å². The quantitative estimate of drug-likeness (QED) is 0.839. The number of methoxy groups -OCH3 is 1. The molecule has 5 heteroatoms. The first kappa shape index (κ1) is 14.4. The third-order valence-electron chi connectivity index (χ3n) is 2.83. The minimum absolute atomic E-state index is 0.242. The standard InChI is InChI=1S/C15H14BrNO3/c1-20-15(19)10-2-5-13(6-3-10)17-9-11-8-12(16)4-7-14(11)18/h2-8,17-18H,9H2,1H3. The zero-order chi connectivity index (χ0) is 14.5. The van der Waals surface area contributed by atoms with Gasteiger partial charge in [-0.15, -0.1) is 0 Å². The van der Waals surface area contributed by atoms with Gasteiger partial charge in [0.25, 0.3) is 0 Å². The molecule has 104 valence electrons. The Hall–Kier alpha value is -2.01. The predicted octanol–water partition coefficient (Wildman–Crippen LogP) is 3.55. The van der Waals surface area contributed by atoms with Crippen molar-refractivity contribution in [2.75, 3.05) is 12.4 Å². The second-order valence-corrected chi connectivity index (χ2v) is 5.11. The highest BCUT2D eigenvalue weighted by Gasteiger charge is 2.05. The van der Waals surface area contributed by atoms with Crippen LogP contribution < -0.4 is 5.32 Å². The van der Waals surface area contributed by atoms with E-state index in [1.165, 1.54) is 7.11 Å². The summed E-state index contributed by atoms with van der Waals surface area (Å²) < 4.78 is 5.55. The van der Waals surface area contributed by atoms with Crippen LogP contribution >= 0.6 is 15.9 Å². The average molecular weight is 336 g/mol. The molecule has 2 N–H and O–H groups in total. The molecule has 0 spiro atoms. The van der Waals surface area contributed by atoms with Gasteiger partial charge >= 0.3 is 5.97 Å². The highest BCUT2D eigenvalue weighted by Crippen LogP contribution is 2.23. The van der Waals surface area contributed by atoms with E-state index in [9.17, 15) is 9.90 Å². The van der Waals surface area contributed by atoms with Crippen LogP contribution in [0.3, 0.4) is 0 Å². The fourth-order valence-corrected chi connectivity index (χ4v) is 2.14. The molecule has 0 amide bonds. The van der Waals surface area contributed by atoms with Crippen LogP contribution in [0.25, 0.3) is 0 Å². The number of phenols is 1. The first-order valence-corrected chi connectivity index (χ1v) is 6.79. The molecule has 0 atom stereocenters. The summed E-state index contributed by atoms with van der Waals surface area (Å²) in [5.74, 6) is -0.118. The predicted molar refractivity (Wildman–Crippen MR) is 80.9 cm³/mol. The van der Waals surface area contributed by atoms with E-state index < -0.39 is 0 Å². The van der Waals surface area contributed by atoms with Gasteiger partial charge in [0, 0.05) is 22.3 Å². The summed E-state index contributed by atoms with van der Waals surface area (Å²) in [5.41, 5.74) is 2.15. The summed E-state index contributed by atoms with van der Waals surface area (Å²) in [5, 5.41) is 12.9. The van der Waals surface area contributed by atoms with Crippen molar-refractivity contribution in [2.45, 2.75) is 6.54 Å². The lowest BCUT2D eigenvalue weighted by Gasteiger charge is -2.09. The van der Waals surface area contributed by atoms with E-state index in [1.807, 2.05) is 6.07 Å². The molecule has 0 aliphatic heterocycles. The molecule has 0 heterocycles. The molecule has 0 aliphatic carbocycles. The van der Waals surface area contributed by atoms with Gasteiger partial charge in [0.15, 0.2) is 0 Å². The number of carbonyl (C=O) groups excluding carboxylic acids is 1. The Labute approximate surface area is 125 Å². The first-order chi connectivity index (χ1) is 9.60. The van der Waals surface area contributed by atoms with Gasteiger partial charge in [0.2, 0.25) is 0 Å². The number of esters is 1. The van der Waals surface area contributed by atoms with Crippen molar-refractivity contribution in [2.24, 2.45) is 0 Å². The summed E-state index contributed by atoms with van der Waals surface area (Å²) in [4.78, 5) is 11.3. The zero-order valence-electron chi connectivity index (χ0n) is 10.9. The number of anilines is 1. The fraction of sp³-hybridized carbons (Fsp3) is 0.133. The molecule has 2 aromatic rings. The van der Waals surface area contributed by atoms with Crippen LogP contribution in [0.2, 0.25) is 0 Å². The molecular formula is C15H14BrNO3.